The first-order valence-corrected chi connectivity index (χ1v) is 11.5. The normalized spacial score (nSPS) is 25.2. The fourth-order valence-electron chi connectivity index (χ4n) is 4.08. The molecule has 0 radical (unpaired) electrons. The molecule has 7 nitrogen and oxygen atoms in total. The minimum atomic E-state index is -0.889. The van der Waals surface area contributed by atoms with Gasteiger partial charge in [-0.15, -0.1) is 0 Å². The molecule has 0 aromatic heterocycles. The molecule has 0 aliphatic heterocycles. The van der Waals surface area contributed by atoms with Gasteiger partial charge in [-0.3, -0.25) is 14.4 Å². The molecule has 7 heteroatoms. The van der Waals surface area contributed by atoms with E-state index < -0.39 is 17.8 Å². The lowest BCUT2D eigenvalue weighted by atomic mass is 9.88. The molecule has 1 unspecified atom stereocenters. The summed E-state index contributed by atoms with van der Waals surface area (Å²) in [5.41, 5.74) is -0.889. The molecule has 5 atom stereocenters. The second-order valence-electron chi connectivity index (χ2n) is 8.63. The first-order valence-electron chi connectivity index (χ1n) is 11.5. The Morgan fingerprint density at radius 3 is 2.47 bits per heavy atom. The van der Waals surface area contributed by atoms with Crippen LogP contribution in [0, 0.1) is 11.8 Å². The maximum absolute atomic E-state index is 12.8. The Bertz CT molecular complexity index is 669. The molecule has 182 valence electrons. The number of hydrogen-bond acceptors (Lipinski definition) is 7. The first-order chi connectivity index (χ1) is 15.2. The molecule has 1 aliphatic rings. The largest absolute Gasteiger partial charge is 0.469 e. The summed E-state index contributed by atoms with van der Waals surface area (Å²) in [6.45, 7) is 5.21. The van der Waals surface area contributed by atoms with Crippen LogP contribution >= 0.6 is 0 Å². The van der Waals surface area contributed by atoms with Gasteiger partial charge in [0.25, 0.3) is 0 Å². The van der Waals surface area contributed by atoms with Gasteiger partial charge in [-0.25, -0.2) is 0 Å². The molecule has 1 aliphatic carbocycles. The molecule has 0 aromatic rings. The summed E-state index contributed by atoms with van der Waals surface area (Å²) in [6.07, 6.45) is 11.3. The fraction of sp³-hybridized carbons (Fsp3) is 0.720. The molecule has 0 amide bonds. The molecular weight excluding hydrogens is 412 g/mol. The van der Waals surface area contributed by atoms with Crippen molar-refractivity contribution in [2.24, 2.45) is 11.8 Å². The summed E-state index contributed by atoms with van der Waals surface area (Å²) < 4.78 is 15.6. The highest BCUT2D eigenvalue weighted by Gasteiger charge is 2.42. The van der Waals surface area contributed by atoms with Gasteiger partial charge in [0, 0.05) is 38.7 Å². The smallest absolute Gasteiger partial charge is 0.305 e. The summed E-state index contributed by atoms with van der Waals surface area (Å²) in [5, 5.41) is 10.6. The van der Waals surface area contributed by atoms with Gasteiger partial charge in [0.1, 0.15) is 11.7 Å². The van der Waals surface area contributed by atoms with Crippen LogP contribution < -0.4 is 0 Å². The first kappa shape index (κ1) is 28.0. The molecule has 0 spiro atoms. The number of esters is 2. The van der Waals surface area contributed by atoms with Gasteiger partial charge in [-0.2, -0.15) is 0 Å². The molecule has 0 heterocycles. The SMILES string of the molecule is CCCCC(C)(OC)C(=O)/C=C/[C@@H]1[C@@H](C/C=C\CCCC(=O)OC)[C@@H](OC(C)=O)C[C@H]1O. The summed E-state index contributed by atoms with van der Waals surface area (Å²) in [5.74, 6) is -1.20. The third-order valence-corrected chi connectivity index (χ3v) is 6.21. The van der Waals surface area contributed by atoms with Crippen molar-refractivity contribution in [3.63, 3.8) is 0 Å². The van der Waals surface area contributed by atoms with E-state index in [1.807, 2.05) is 12.2 Å². The highest BCUT2D eigenvalue weighted by molar-refractivity contribution is 5.96. The standard InChI is InChI=1S/C25H40O7/c1-6-7-16-25(3,31-5)23(28)15-14-19-20(22(17-21(19)27)32-18(2)26)12-10-8-9-11-13-24(29)30-4/h8,10,14-15,19-22,27H,6-7,9,11-13,16-17H2,1-5H3/b10-8-,15-14+/t19-,20-,21-,22+,25?/m1/s1. The van der Waals surface area contributed by atoms with Crippen LogP contribution in [-0.4, -0.2) is 54.9 Å². The van der Waals surface area contributed by atoms with E-state index in [2.05, 4.69) is 11.7 Å². The lowest BCUT2D eigenvalue weighted by Gasteiger charge is -2.26. The lowest BCUT2D eigenvalue weighted by Crippen LogP contribution is -2.36. The summed E-state index contributed by atoms with van der Waals surface area (Å²) in [6, 6.07) is 0. The lowest BCUT2D eigenvalue weighted by molar-refractivity contribution is -0.148. The van der Waals surface area contributed by atoms with Gasteiger partial charge in [-0.05, 0) is 38.7 Å². The number of aliphatic hydroxyl groups excluding tert-OH is 1. The average molecular weight is 453 g/mol. The van der Waals surface area contributed by atoms with Crippen LogP contribution in [0.1, 0.15) is 72.1 Å². The number of unbranched alkanes of at least 4 members (excludes halogenated alkanes) is 2. The van der Waals surface area contributed by atoms with Crippen molar-refractivity contribution in [1.29, 1.82) is 0 Å². The third-order valence-electron chi connectivity index (χ3n) is 6.21. The number of carbonyl (C=O) groups excluding carboxylic acids is 3. The van der Waals surface area contributed by atoms with Crippen molar-refractivity contribution >= 4 is 17.7 Å². The van der Waals surface area contributed by atoms with Crippen LogP contribution in [0.4, 0.5) is 0 Å². The van der Waals surface area contributed by atoms with Crippen molar-refractivity contribution < 1.29 is 33.7 Å². The van der Waals surface area contributed by atoms with Crippen LogP contribution in [0.2, 0.25) is 0 Å². The van der Waals surface area contributed by atoms with E-state index in [0.29, 0.717) is 32.1 Å². The van der Waals surface area contributed by atoms with E-state index in [1.165, 1.54) is 27.2 Å². The van der Waals surface area contributed by atoms with E-state index in [0.717, 1.165) is 19.3 Å². The predicted molar refractivity (Wildman–Crippen MR) is 122 cm³/mol. The highest BCUT2D eigenvalue weighted by Crippen LogP contribution is 2.38. The Kier molecular flexibility index (Phi) is 12.5. The highest BCUT2D eigenvalue weighted by atomic mass is 16.5. The number of aliphatic hydroxyl groups is 1. The number of ketones is 1. The maximum Gasteiger partial charge on any atom is 0.305 e. The number of ether oxygens (including phenoxy) is 3. The van der Waals surface area contributed by atoms with Crippen molar-refractivity contribution in [2.75, 3.05) is 14.2 Å². The van der Waals surface area contributed by atoms with Gasteiger partial charge in [-0.1, -0.05) is 38.0 Å². The Morgan fingerprint density at radius 2 is 1.88 bits per heavy atom. The Morgan fingerprint density at radius 1 is 1.16 bits per heavy atom. The van der Waals surface area contributed by atoms with Crippen LogP contribution in [0.25, 0.3) is 0 Å². The molecule has 0 saturated heterocycles. The van der Waals surface area contributed by atoms with Crippen molar-refractivity contribution in [3.05, 3.63) is 24.3 Å². The molecule has 1 saturated carbocycles. The molecule has 0 aromatic carbocycles. The monoisotopic (exact) mass is 452 g/mol. The molecule has 1 N–H and O–H groups in total. The number of hydrogen-bond donors (Lipinski definition) is 1. The van der Waals surface area contributed by atoms with Gasteiger partial charge < -0.3 is 19.3 Å². The number of rotatable bonds is 14. The minimum absolute atomic E-state index is 0.131. The van der Waals surface area contributed by atoms with Crippen LogP contribution in [-0.2, 0) is 28.6 Å². The number of allylic oxidation sites excluding steroid dienone is 2. The Balaban J connectivity index is 2.86. The topological polar surface area (TPSA) is 99.1 Å². The van der Waals surface area contributed by atoms with Crippen LogP contribution in [0.15, 0.2) is 24.3 Å². The quantitative estimate of drug-likeness (QED) is 0.184. The van der Waals surface area contributed by atoms with E-state index in [4.69, 9.17) is 9.47 Å². The zero-order valence-electron chi connectivity index (χ0n) is 20.2. The van der Waals surface area contributed by atoms with Gasteiger partial charge in [0.05, 0.1) is 13.2 Å². The average Bonchev–Trinajstić information content (AvgIpc) is 3.05. The summed E-state index contributed by atoms with van der Waals surface area (Å²) in [4.78, 5) is 35.6. The van der Waals surface area contributed by atoms with Gasteiger partial charge in [0.2, 0.25) is 0 Å². The summed E-state index contributed by atoms with van der Waals surface area (Å²) in [7, 11) is 2.91. The minimum Gasteiger partial charge on any atom is -0.469 e. The zero-order chi connectivity index (χ0) is 24.1. The van der Waals surface area contributed by atoms with E-state index in [1.54, 1.807) is 13.0 Å². The van der Waals surface area contributed by atoms with Crippen LogP contribution in [0.3, 0.4) is 0 Å². The molecule has 1 rings (SSSR count). The van der Waals surface area contributed by atoms with Gasteiger partial charge >= 0.3 is 11.9 Å². The number of methoxy groups -OCH3 is 2. The fourth-order valence-corrected chi connectivity index (χ4v) is 4.08. The number of carbonyl (C=O) groups is 3. The Hall–Kier alpha value is -1.99. The second-order valence-corrected chi connectivity index (χ2v) is 8.63. The molecule has 0 bridgehead atoms. The third kappa shape index (κ3) is 8.87. The maximum atomic E-state index is 12.8. The Labute approximate surface area is 192 Å². The zero-order valence-corrected chi connectivity index (χ0v) is 20.2. The van der Waals surface area contributed by atoms with Crippen molar-refractivity contribution in [3.8, 4) is 0 Å². The molecule has 1 fully saturated rings. The van der Waals surface area contributed by atoms with E-state index in [9.17, 15) is 19.5 Å². The van der Waals surface area contributed by atoms with Gasteiger partial charge in [0.15, 0.2) is 5.78 Å². The van der Waals surface area contributed by atoms with E-state index in [-0.39, 0.29) is 29.6 Å². The molecular formula is C25H40O7. The molecule has 32 heavy (non-hydrogen) atoms. The van der Waals surface area contributed by atoms with E-state index >= 15 is 0 Å². The second kappa shape index (κ2) is 14.2. The van der Waals surface area contributed by atoms with Crippen molar-refractivity contribution in [1.82, 2.24) is 0 Å². The van der Waals surface area contributed by atoms with Crippen molar-refractivity contribution in [2.45, 2.75) is 89.9 Å². The van der Waals surface area contributed by atoms with Crippen LogP contribution in [0.5, 0.6) is 0 Å². The predicted octanol–water partition coefficient (Wildman–Crippen LogP) is 3.93. The summed E-state index contributed by atoms with van der Waals surface area (Å²) >= 11 is 0.